The van der Waals surface area contributed by atoms with Gasteiger partial charge in [0.15, 0.2) is 11.6 Å². The zero-order valence-corrected chi connectivity index (χ0v) is 10.6. The van der Waals surface area contributed by atoms with Crippen molar-refractivity contribution >= 4 is 11.6 Å². The van der Waals surface area contributed by atoms with Gasteiger partial charge >= 0.3 is 0 Å². The van der Waals surface area contributed by atoms with Crippen molar-refractivity contribution < 1.29 is 19.4 Å². The van der Waals surface area contributed by atoms with Crippen LogP contribution in [0.3, 0.4) is 0 Å². The molecule has 100 valence electrons. The Balaban J connectivity index is 2.09. The minimum Gasteiger partial charge on any atom is -0.491 e. The van der Waals surface area contributed by atoms with Crippen molar-refractivity contribution in [1.29, 1.82) is 0 Å². The van der Waals surface area contributed by atoms with E-state index in [0.29, 0.717) is 28.0 Å². The summed E-state index contributed by atoms with van der Waals surface area (Å²) in [4.78, 5) is 24.8. The van der Waals surface area contributed by atoms with Gasteiger partial charge in [0, 0.05) is 22.3 Å². The summed E-state index contributed by atoms with van der Waals surface area (Å²) in [6.07, 6.45) is 0. The number of aliphatic hydroxyl groups is 1. The summed E-state index contributed by atoms with van der Waals surface area (Å²) in [6, 6.07) is 11.6. The van der Waals surface area contributed by atoms with E-state index in [4.69, 9.17) is 9.84 Å². The Morgan fingerprint density at radius 2 is 1.45 bits per heavy atom. The summed E-state index contributed by atoms with van der Waals surface area (Å²) in [6.45, 7) is 0.0459. The van der Waals surface area contributed by atoms with Gasteiger partial charge < -0.3 is 9.84 Å². The number of carbonyl (C=O) groups is 2. The van der Waals surface area contributed by atoms with Crippen molar-refractivity contribution in [3.63, 3.8) is 0 Å². The molecule has 0 bridgehead atoms. The first-order valence-electron chi connectivity index (χ1n) is 6.28. The van der Waals surface area contributed by atoms with Crippen molar-refractivity contribution in [1.82, 2.24) is 0 Å². The molecule has 2 aromatic rings. The van der Waals surface area contributed by atoms with E-state index in [0.717, 1.165) is 0 Å². The molecule has 1 aliphatic carbocycles. The monoisotopic (exact) mass is 268 g/mol. The highest BCUT2D eigenvalue weighted by atomic mass is 16.5. The van der Waals surface area contributed by atoms with Crippen LogP contribution in [0.5, 0.6) is 5.75 Å². The number of fused-ring (bicyclic) bond motifs is 2. The summed E-state index contributed by atoms with van der Waals surface area (Å²) in [5, 5.41) is 8.74. The molecule has 0 fully saturated rings. The van der Waals surface area contributed by atoms with E-state index in [-0.39, 0.29) is 24.8 Å². The van der Waals surface area contributed by atoms with Gasteiger partial charge in [0.1, 0.15) is 12.4 Å². The van der Waals surface area contributed by atoms with Crippen LogP contribution in [-0.2, 0) is 0 Å². The smallest absolute Gasteiger partial charge is 0.194 e. The molecule has 0 atom stereocenters. The normalized spacial score (nSPS) is 12.8. The van der Waals surface area contributed by atoms with Gasteiger partial charge in [0.05, 0.1) is 6.61 Å². The van der Waals surface area contributed by atoms with Gasteiger partial charge in [-0.25, -0.2) is 0 Å². The molecular weight excluding hydrogens is 256 g/mol. The zero-order chi connectivity index (χ0) is 14.1. The number of ether oxygens (including phenoxy) is 1. The van der Waals surface area contributed by atoms with E-state index in [1.165, 1.54) is 0 Å². The maximum absolute atomic E-state index is 12.4. The number of ketones is 2. The number of benzene rings is 2. The summed E-state index contributed by atoms with van der Waals surface area (Å²) in [7, 11) is 0. The number of carbonyl (C=O) groups excluding carboxylic acids is 2. The molecule has 4 nitrogen and oxygen atoms in total. The summed E-state index contributed by atoms with van der Waals surface area (Å²) in [5.41, 5.74) is 1.60. The lowest BCUT2D eigenvalue weighted by Crippen LogP contribution is -2.20. The Morgan fingerprint density at radius 1 is 0.850 bits per heavy atom. The predicted octanol–water partition coefficient (Wildman–Crippen LogP) is 1.83. The van der Waals surface area contributed by atoms with Crippen LogP contribution in [0.15, 0.2) is 42.5 Å². The van der Waals surface area contributed by atoms with Crippen LogP contribution in [0.25, 0.3) is 0 Å². The summed E-state index contributed by atoms with van der Waals surface area (Å²) >= 11 is 0. The number of hydrogen-bond donors (Lipinski definition) is 1. The SMILES string of the molecule is O=C1c2ccccc2C(=O)c2cc(OCCO)ccc21. The van der Waals surface area contributed by atoms with Crippen molar-refractivity contribution in [2.24, 2.45) is 0 Å². The molecule has 0 aliphatic heterocycles. The van der Waals surface area contributed by atoms with Gasteiger partial charge in [-0.1, -0.05) is 24.3 Å². The lowest BCUT2D eigenvalue weighted by molar-refractivity contribution is 0.0978. The first-order valence-corrected chi connectivity index (χ1v) is 6.28. The van der Waals surface area contributed by atoms with Gasteiger partial charge in [-0.2, -0.15) is 0 Å². The highest BCUT2D eigenvalue weighted by molar-refractivity contribution is 6.28. The Bertz CT molecular complexity index is 703. The number of rotatable bonds is 3. The second-order valence-electron chi connectivity index (χ2n) is 4.48. The average molecular weight is 268 g/mol. The molecule has 20 heavy (non-hydrogen) atoms. The molecule has 3 rings (SSSR count). The molecular formula is C16H12O4. The van der Waals surface area contributed by atoms with E-state index in [2.05, 4.69) is 0 Å². The predicted molar refractivity (Wildman–Crippen MR) is 72.3 cm³/mol. The van der Waals surface area contributed by atoms with E-state index in [1.807, 2.05) is 0 Å². The summed E-state index contributed by atoms with van der Waals surface area (Å²) < 4.78 is 5.28. The fourth-order valence-electron chi connectivity index (χ4n) is 2.33. The van der Waals surface area contributed by atoms with E-state index in [1.54, 1.807) is 42.5 Å². The lowest BCUT2D eigenvalue weighted by Gasteiger charge is -2.18. The molecule has 0 aromatic heterocycles. The number of hydrogen-bond acceptors (Lipinski definition) is 4. The Labute approximate surface area is 115 Å². The van der Waals surface area contributed by atoms with Crippen LogP contribution in [0.4, 0.5) is 0 Å². The molecule has 1 N–H and O–H groups in total. The van der Waals surface area contributed by atoms with E-state index >= 15 is 0 Å². The minimum absolute atomic E-state index is 0.104. The first-order chi connectivity index (χ1) is 9.72. The van der Waals surface area contributed by atoms with Crippen LogP contribution in [0.1, 0.15) is 31.8 Å². The molecule has 0 saturated heterocycles. The van der Waals surface area contributed by atoms with Crippen molar-refractivity contribution in [2.45, 2.75) is 0 Å². The molecule has 1 aliphatic rings. The average Bonchev–Trinajstić information content (AvgIpc) is 2.50. The van der Waals surface area contributed by atoms with Gasteiger partial charge in [-0.15, -0.1) is 0 Å². The highest BCUT2D eigenvalue weighted by Crippen LogP contribution is 2.29. The largest absolute Gasteiger partial charge is 0.491 e. The Kier molecular flexibility index (Phi) is 3.08. The maximum Gasteiger partial charge on any atom is 0.194 e. The fraction of sp³-hybridized carbons (Fsp3) is 0.125. The highest BCUT2D eigenvalue weighted by Gasteiger charge is 2.29. The fourth-order valence-corrected chi connectivity index (χ4v) is 2.33. The Hall–Kier alpha value is -2.46. The third-order valence-electron chi connectivity index (χ3n) is 3.26. The van der Waals surface area contributed by atoms with Crippen LogP contribution < -0.4 is 4.74 Å². The molecule has 0 saturated carbocycles. The molecule has 0 spiro atoms. The second-order valence-corrected chi connectivity index (χ2v) is 4.48. The van der Waals surface area contributed by atoms with E-state index < -0.39 is 0 Å². The first kappa shape index (κ1) is 12.6. The van der Waals surface area contributed by atoms with Crippen molar-refractivity contribution in [2.75, 3.05) is 13.2 Å². The molecule has 4 heteroatoms. The van der Waals surface area contributed by atoms with Crippen LogP contribution in [-0.4, -0.2) is 29.9 Å². The van der Waals surface area contributed by atoms with Gasteiger partial charge in [0.25, 0.3) is 0 Å². The van der Waals surface area contributed by atoms with E-state index in [9.17, 15) is 9.59 Å². The minimum atomic E-state index is -0.176. The topological polar surface area (TPSA) is 63.6 Å². The third-order valence-corrected chi connectivity index (χ3v) is 3.26. The van der Waals surface area contributed by atoms with Crippen molar-refractivity contribution in [3.05, 3.63) is 64.7 Å². The number of aliphatic hydroxyl groups excluding tert-OH is 1. The zero-order valence-electron chi connectivity index (χ0n) is 10.6. The Morgan fingerprint density at radius 3 is 2.10 bits per heavy atom. The van der Waals surface area contributed by atoms with Crippen molar-refractivity contribution in [3.8, 4) is 5.75 Å². The van der Waals surface area contributed by atoms with Gasteiger partial charge in [0.2, 0.25) is 0 Å². The standard InChI is InChI=1S/C16H12O4/c17-7-8-20-10-5-6-13-14(9-10)16(19)12-4-2-1-3-11(12)15(13)18/h1-6,9,17H,7-8H2. The quantitative estimate of drug-likeness (QED) is 0.787. The summed E-state index contributed by atoms with van der Waals surface area (Å²) in [5.74, 6) is 0.145. The molecule has 0 heterocycles. The second kappa shape index (κ2) is 4.90. The van der Waals surface area contributed by atoms with Crippen LogP contribution >= 0.6 is 0 Å². The third kappa shape index (κ3) is 1.90. The molecule has 0 amide bonds. The van der Waals surface area contributed by atoms with Crippen LogP contribution in [0, 0.1) is 0 Å². The molecule has 0 unspecified atom stereocenters. The van der Waals surface area contributed by atoms with Gasteiger partial charge in [-0.3, -0.25) is 9.59 Å². The maximum atomic E-state index is 12.4. The molecule has 2 aromatic carbocycles. The van der Waals surface area contributed by atoms with Gasteiger partial charge in [-0.05, 0) is 18.2 Å². The lowest BCUT2D eigenvalue weighted by atomic mass is 9.84. The molecule has 0 radical (unpaired) electrons. The van der Waals surface area contributed by atoms with Crippen LogP contribution in [0.2, 0.25) is 0 Å².